The van der Waals surface area contributed by atoms with Gasteiger partial charge in [-0.2, -0.15) is 0 Å². The summed E-state index contributed by atoms with van der Waals surface area (Å²) in [5.41, 5.74) is 2.10. The maximum absolute atomic E-state index is 12.4. The average molecular weight is 331 g/mol. The molecule has 0 radical (unpaired) electrons. The molecule has 122 valence electrons. The molecule has 23 heavy (non-hydrogen) atoms. The predicted molar refractivity (Wildman–Crippen MR) is 90.8 cm³/mol. The third kappa shape index (κ3) is 3.57. The van der Waals surface area contributed by atoms with Crippen molar-refractivity contribution in [3.8, 4) is 5.75 Å². The van der Waals surface area contributed by atoms with Crippen LogP contribution in [0.15, 0.2) is 35.7 Å². The molecule has 1 aliphatic heterocycles. The molecule has 2 atom stereocenters. The molecule has 4 nitrogen and oxygen atoms in total. The van der Waals surface area contributed by atoms with Crippen molar-refractivity contribution >= 4 is 17.2 Å². The van der Waals surface area contributed by atoms with Crippen molar-refractivity contribution in [3.05, 3.63) is 51.7 Å². The maximum Gasteiger partial charge on any atom is 0.227 e. The quantitative estimate of drug-likeness (QED) is 0.909. The summed E-state index contributed by atoms with van der Waals surface area (Å²) in [6.45, 7) is 3.13. The number of phenols is 1. The molecule has 0 bridgehead atoms. The zero-order valence-electron chi connectivity index (χ0n) is 13.1. The summed E-state index contributed by atoms with van der Waals surface area (Å²) in [4.78, 5) is 15.4. The number of amides is 1. The highest BCUT2D eigenvalue weighted by molar-refractivity contribution is 7.10. The van der Waals surface area contributed by atoms with E-state index in [0.717, 1.165) is 12.0 Å². The number of benzene rings is 1. The predicted octanol–water partition coefficient (Wildman–Crippen LogP) is 2.68. The number of aromatic hydroxyl groups is 1. The molecular weight excluding hydrogens is 310 g/mol. The normalized spacial score (nSPS) is 21.4. The minimum absolute atomic E-state index is 0.0242. The Bertz CT molecular complexity index is 680. The summed E-state index contributed by atoms with van der Waals surface area (Å²) in [5, 5.41) is 21.8. The Labute approximate surface area is 140 Å². The number of thiophene rings is 1. The zero-order chi connectivity index (χ0) is 16.4. The van der Waals surface area contributed by atoms with Gasteiger partial charge in [-0.1, -0.05) is 12.1 Å². The number of aliphatic hydroxyl groups is 1. The largest absolute Gasteiger partial charge is 0.508 e. The van der Waals surface area contributed by atoms with E-state index in [1.165, 1.54) is 10.4 Å². The molecule has 1 amide bonds. The third-order valence-corrected chi connectivity index (χ3v) is 5.62. The van der Waals surface area contributed by atoms with Crippen LogP contribution in [0.3, 0.4) is 0 Å². The lowest BCUT2D eigenvalue weighted by molar-refractivity contribution is -0.133. The monoisotopic (exact) mass is 331 g/mol. The molecule has 0 unspecified atom stereocenters. The molecule has 1 aromatic carbocycles. The van der Waals surface area contributed by atoms with Crippen LogP contribution in [0.2, 0.25) is 0 Å². The Hall–Kier alpha value is -1.85. The molecule has 1 saturated heterocycles. The van der Waals surface area contributed by atoms with Crippen LogP contribution in [0, 0.1) is 6.92 Å². The van der Waals surface area contributed by atoms with E-state index in [4.69, 9.17) is 0 Å². The Morgan fingerprint density at radius 2 is 2.04 bits per heavy atom. The highest BCUT2D eigenvalue weighted by atomic mass is 32.1. The first-order valence-electron chi connectivity index (χ1n) is 7.82. The van der Waals surface area contributed by atoms with Gasteiger partial charge < -0.3 is 15.1 Å². The van der Waals surface area contributed by atoms with Gasteiger partial charge in [0.05, 0.1) is 12.5 Å². The van der Waals surface area contributed by atoms with E-state index in [1.54, 1.807) is 40.5 Å². The second-order valence-corrected chi connectivity index (χ2v) is 7.06. The fraction of sp³-hybridized carbons (Fsp3) is 0.389. The molecule has 1 aromatic heterocycles. The fourth-order valence-electron chi connectivity index (χ4n) is 3.13. The van der Waals surface area contributed by atoms with Crippen molar-refractivity contribution in [1.29, 1.82) is 0 Å². The zero-order valence-corrected chi connectivity index (χ0v) is 13.9. The molecule has 5 heteroatoms. The number of hydrogen-bond acceptors (Lipinski definition) is 4. The van der Waals surface area contributed by atoms with Crippen LogP contribution in [0.1, 0.15) is 28.3 Å². The van der Waals surface area contributed by atoms with E-state index >= 15 is 0 Å². The fourth-order valence-corrected chi connectivity index (χ4v) is 4.25. The SMILES string of the molecule is Cc1ccsc1[C@@H]1CCN(C(=O)Cc2ccc(O)cc2)C[C@H]1O. The lowest BCUT2D eigenvalue weighted by Gasteiger charge is -2.36. The average Bonchev–Trinajstić information content (AvgIpc) is 2.95. The van der Waals surface area contributed by atoms with E-state index in [0.29, 0.717) is 19.5 Å². The summed E-state index contributed by atoms with van der Waals surface area (Å²) in [7, 11) is 0. The van der Waals surface area contributed by atoms with Crippen molar-refractivity contribution < 1.29 is 15.0 Å². The number of phenolic OH excluding ortho intramolecular Hbond substituents is 1. The summed E-state index contributed by atoms with van der Waals surface area (Å²) < 4.78 is 0. The highest BCUT2D eigenvalue weighted by Crippen LogP contribution is 2.34. The van der Waals surface area contributed by atoms with Gasteiger partial charge in [0.25, 0.3) is 0 Å². The maximum atomic E-state index is 12.4. The van der Waals surface area contributed by atoms with Crippen molar-refractivity contribution in [1.82, 2.24) is 4.90 Å². The number of aryl methyl sites for hydroxylation is 1. The first kappa shape index (κ1) is 16.0. The number of rotatable bonds is 3. The van der Waals surface area contributed by atoms with Gasteiger partial charge >= 0.3 is 0 Å². The van der Waals surface area contributed by atoms with Crippen LogP contribution < -0.4 is 0 Å². The van der Waals surface area contributed by atoms with Gasteiger partial charge in [-0.05, 0) is 48.1 Å². The van der Waals surface area contributed by atoms with Gasteiger partial charge in [-0.3, -0.25) is 4.79 Å². The summed E-state index contributed by atoms with van der Waals surface area (Å²) >= 11 is 1.69. The Kier molecular flexibility index (Phi) is 4.68. The molecule has 1 fully saturated rings. The van der Waals surface area contributed by atoms with Crippen LogP contribution in [-0.2, 0) is 11.2 Å². The van der Waals surface area contributed by atoms with Crippen LogP contribution in [0.4, 0.5) is 0 Å². The van der Waals surface area contributed by atoms with Crippen LogP contribution in [-0.4, -0.2) is 40.2 Å². The van der Waals surface area contributed by atoms with E-state index in [2.05, 4.69) is 18.4 Å². The van der Waals surface area contributed by atoms with E-state index in [9.17, 15) is 15.0 Å². The minimum atomic E-state index is -0.509. The molecule has 0 saturated carbocycles. The lowest BCUT2D eigenvalue weighted by atomic mass is 9.90. The van der Waals surface area contributed by atoms with Crippen molar-refractivity contribution in [2.24, 2.45) is 0 Å². The third-order valence-electron chi connectivity index (χ3n) is 4.46. The first-order chi connectivity index (χ1) is 11.0. The highest BCUT2D eigenvalue weighted by Gasteiger charge is 2.32. The minimum Gasteiger partial charge on any atom is -0.508 e. The molecule has 0 aliphatic carbocycles. The van der Waals surface area contributed by atoms with E-state index in [1.807, 2.05) is 0 Å². The molecule has 2 heterocycles. The summed E-state index contributed by atoms with van der Waals surface area (Å²) in [6, 6.07) is 8.76. The number of likely N-dealkylation sites (tertiary alicyclic amines) is 1. The molecule has 2 N–H and O–H groups in total. The van der Waals surface area contributed by atoms with Gasteiger partial charge in [0.2, 0.25) is 5.91 Å². The molecule has 1 aliphatic rings. The van der Waals surface area contributed by atoms with E-state index < -0.39 is 6.10 Å². The Balaban J connectivity index is 1.62. The van der Waals surface area contributed by atoms with Gasteiger partial charge in [0, 0.05) is 23.9 Å². The number of carbonyl (C=O) groups is 1. The number of hydrogen-bond donors (Lipinski definition) is 2. The van der Waals surface area contributed by atoms with Crippen LogP contribution in [0.25, 0.3) is 0 Å². The number of carbonyl (C=O) groups excluding carboxylic acids is 1. The molecular formula is C18H21NO3S. The number of piperidine rings is 1. The second-order valence-electron chi connectivity index (χ2n) is 6.11. The lowest BCUT2D eigenvalue weighted by Crippen LogP contribution is -2.46. The number of β-amino-alcohol motifs (C(OH)–C–C–N with tert-alkyl or cyclic N) is 1. The summed E-state index contributed by atoms with van der Waals surface area (Å²) in [6.07, 6.45) is 0.587. The Morgan fingerprint density at radius 3 is 2.65 bits per heavy atom. The van der Waals surface area contributed by atoms with Crippen molar-refractivity contribution in [2.75, 3.05) is 13.1 Å². The number of aliphatic hydroxyl groups excluding tert-OH is 1. The van der Waals surface area contributed by atoms with Crippen molar-refractivity contribution in [3.63, 3.8) is 0 Å². The molecule has 0 spiro atoms. The van der Waals surface area contributed by atoms with Gasteiger partial charge in [-0.25, -0.2) is 0 Å². The van der Waals surface area contributed by atoms with Crippen LogP contribution >= 0.6 is 11.3 Å². The molecule has 2 aromatic rings. The standard InChI is InChI=1S/C18H21NO3S/c1-12-7-9-23-18(12)15-6-8-19(11-16(15)21)17(22)10-13-2-4-14(20)5-3-13/h2-5,7,9,15-16,20-21H,6,8,10-11H2,1H3/t15-,16-/m1/s1. The summed E-state index contributed by atoms with van der Waals surface area (Å²) in [5.74, 6) is 0.354. The smallest absolute Gasteiger partial charge is 0.227 e. The number of nitrogens with zero attached hydrogens (tertiary/aromatic N) is 1. The second kappa shape index (κ2) is 6.72. The van der Waals surface area contributed by atoms with Gasteiger partial charge in [0.1, 0.15) is 5.75 Å². The molecule has 3 rings (SSSR count). The van der Waals surface area contributed by atoms with Gasteiger partial charge in [-0.15, -0.1) is 11.3 Å². The Morgan fingerprint density at radius 1 is 1.30 bits per heavy atom. The first-order valence-corrected chi connectivity index (χ1v) is 8.70. The van der Waals surface area contributed by atoms with Gasteiger partial charge in [0.15, 0.2) is 0 Å². The van der Waals surface area contributed by atoms with Crippen molar-refractivity contribution in [2.45, 2.75) is 31.8 Å². The topological polar surface area (TPSA) is 60.8 Å². The van der Waals surface area contributed by atoms with Crippen LogP contribution in [0.5, 0.6) is 5.75 Å². The van der Waals surface area contributed by atoms with E-state index in [-0.39, 0.29) is 17.6 Å².